The minimum Gasteiger partial charge on any atom is -0.333 e. The van der Waals surface area contributed by atoms with E-state index in [0.29, 0.717) is 30.3 Å². The fourth-order valence-corrected chi connectivity index (χ4v) is 4.41. The highest BCUT2D eigenvalue weighted by Crippen LogP contribution is 2.41. The number of rotatable bonds is 5. The van der Waals surface area contributed by atoms with Gasteiger partial charge in [0, 0.05) is 23.7 Å². The van der Waals surface area contributed by atoms with Crippen molar-refractivity contribution >= 4 is 5.91 Å². The molecule has 4 rings (SSSR count). The van der Waals surface area contributed by atoms with Crippen molar-refractivity contribution in [2.75, 3.05) is 0 Å². The van der Waals surface area contributed by atoms with Gasteiger partial charge in [-0.15, -0.1) is 0 Å². The average molecular weight is 365 g/mol. The highest BCUT2D eigenvalue weighted by molar-refractivity contribution is 5.78. The van der Waals surface area contributed by atoms with Crippen LogP contribution in [0.3, 0.4) is 0 Å². The molecular formula is C22H27N3O2. The van der Waals surface area contributed by atoms with Crippen molar-refractivity contribution in [2.45, 2.75) is 70.9 Å². The molecule has 1 aromatic carbocycles. The molecule has 0 saturated heterocycles. The largest absolute Gasteiger partial charge is 0.333 e. The minimum absolute atomic E-state index is 0.117. The summed E-state index contributed by atoms with van der Waals surface area (Å²) >= 11 is 0. The van der Waals surface area contributed by atoms with Gasteiger partial charge in [-0.3, -0.25) is 9.59 Å². The second-order valence-electron chi connectivity index (χ2n) is 7.85. The van der Waals surface area contributed by atoms with Crippen LogP contribution in [-0.4, -0.2) is 26.8 Å². The third-order valence-electron chi connectivity index (χ3n) is 5.83. The number of hydrogen-bond acceptors (Lipinski definition) is 3. The molecule has 0 bridgehead atoms. The molecule has 1 heterocycles. The molecule has 1 atom stereocenters. The number of amides is 1. The predicted molar refractivity (Wildman–Crippen MR) is 105 cm³/mol. The molecule has 27 heavy (non-hydrogen) atoms. The number of hydrogen-bond donors (Lipinski definition) is 1. The molecule has 0 spiro atoms. The summed E-state index contributed by atoms with van der Waals surface area (Å²) < 4.78 is 0. The van der Waals surface area contributed by atoms with E-state index >= 15 is 0 Å². The third kappa shape index (κ3) is 3.68. The summed E-state index contributed by atoms with van der Waals surface area (Å²) in [5, 5.41) is 0. The van der Waals surface area contributed by atoms with Gasteiger partial charge in [0.2, 0.25) is 5.91 Å². The number of fused-ring (bicyclic) bond motifs is 1. The van der Waals surface area contributed by atoms with Crippen molar-refractivity contribution < 1.29 is 4.79 Å². The van der Waals surface area contributed by atoms with E-state index in [1.807, 2.05) is 6.92 Å². The number of carbonyl (C=O) groups excluding carboxylic acids is 1. The predicted octanol–water partition coefficient (Wildman–Crippen LogP) is 3.39. The molecule has 2 aromatic rings. The van der Waals surface area contributed by atoms with Crippen LogP contribution in [0.5, 0.6) is 0 Å². The van der Waals surface area contributed by atoms with E-state index in [2.05, 4.69) is 39.1 Å². The van der Waals surface area contributed by atoms with E-state index in [0.717, 1.165) is 37.8 Å². The van der Waals surface area contributed by atoms with Gasteiger partial charge in [-0.25, -0.2) is 4.98 Å². The van der Waals surface area contributed by atoms with Crippen LogP contribution in [0, 0.1) is 13.8 Å². The molecule has 0 unspecified atom stereocenters. The number of nitrogens with one attached hydrogen (secondary N) is 1. The van der Waals surface area contributed by atoms with Gasteiger partial charge in [0.25, 0.3) is 5.56 Å². The lowest BCUT2D eigenvalue weighted by Gasteiger charge is -2.36. The quantitative estimate of drug-likeness (QED) is 0.883. The molecule has 1 fully saturated rings. The van der Waals surface area contributed by atoms with Gasteiger partial charge in [0.1, 0.15) is 5.82 Å². The van der Waals surface area contributed by atoms with Crippen molar-refractivity contribution in [3.63, 3.8) is 0 Å². The lowest BCUT2D eigenvalue weighted by Crippen LogP contribution is -2.38. The Balaban J connectivity index is 1.54. The monoisotopic (exact) mass is 365 g/mol. The van der Waals surface area contributed by atoms with Crippen LogP contribution in [-0.2, 0) is 17.6 Å². The number of nitrogens with zero attached hydrogens (tertiary/aromatic N) is 2. The first-order valence-electron chi connectivity index (χ1n) is 10.00. The van der Waals surface area contributed by atoms with E-state index in [-0.39, 0.29) is 17.5 Å². The molecule has 5 heteroatoms. The number of carbonyl (C=O) groups is 1. The maximum Gasteiger partial charge on any atom is 0.254 e. The number of aromatic amines is 1. The molecule has 1 saturated carbocycles. The van der Waals surface area contributed by atoms with Crippen molar-refractivity contribution in [2.24, 2.45) is 0 Å². The first-order valence-corrected chi connectivity index (χ1v) is 10.00. The Morgan fingerprint density at radius 3 is 2.74 bits per heavy atom. The summed E-state index contributed by atoms with van der Waals surface area (Å²) in [6.07, 6.45) is 6.26. The van der Waals surface area contributed by atoms with Crippen LogP contribution < -0.4 is 5.56 Å². The van der Waals surface area contributed by atoms with Gasteiger partial charge in [-0.05, 0) is 63.5 Å². The minimum atomic E-state index is -0.117. The standard InChI is InChI=1S/C22H27N3O2/c1-14-18(22(27)24-15(2)23-14)12-13-21(26)25(17-10-11-17)20-9-5-7-16-6-3-4-8-19(16)20/h3-4,6,8,17,20H,5,7,9-13H2,1-2H3,(H,23,24,27)/t20-/m0/s1. The Morgan fingerprint density at radius 1 is 1.22 bits per heavy atom. The van der Waals surface area contributed by atoms with Crippen LogP contribution in [0.4, 0.5) is 0 Å². The number of aryl methyl sites for hydroxylation is 3. The van der Waals surface area contributed by atoms with Crippen LogP contribution in [0.25, 0.3) is 0 Å². The first-order chi connectivity index (χ1) is 13.0. The normalized spacial score (nSPS) is 18.8. The van der Waals surface area contributed by atoms with Crippen LogP contribution in [0.2, 0.25) is 0 Å². The Hall–Kier alpha value is -2.43. The van der Waals surface area contributed by atoms with Gasteiger partial charge in [-0.2, -0.15) is 0 Å². The molecule has 2 aliphatic carbocycles. The maximum absolute atomic E-state index is 13.2. The number of H-pyrrole nitrogens is 1. The summed E-state index contributed by atoms with van der Waals surface area (Å²) in [7, 11) is 0. The number of aromatic nitrogens is 2. The van der Waals surface area contributed by atoms with Gasteiger partial charge >= 0.3 is 0 Å². The highest BCUT2D eigenvalue weighted by atomic mass is 16.2. The molecule has 5 nitrogen and oxygen atoms in total. The van der Waals surface area contributed by atoms with E-state index < -0.39 is 0 Å². The van der Waals surface area contributed by atoms with E-state index in [1.54, 1.807) is 6.92 Å². The Morgan fingerprint density at radius 2 is 2.00 bits per heavy atom. The lowest BCUT2D eigenvalue weighted by atomic mass is 9.86. The van der Waals surface area contributed by atoms with Gasteiger partial charge in [0.15, 0.2) is 0 Å². The lowest BCUT2D eigenvalue weighted by molar-refractivity contribution is -0.134. The molecule has 1 aromatic heterocycles. The summed E-state index contributed by atoms with van der Waals surface area (Å²) in [6.45, 7) is 3.62. The zero-order chi connectivity index (χ0) is 19.0. The fourth-order valence-electron chi connectivity index (χ4n) is 4.41. The molecule has 1 N–H and O–H groups in total. The summed E-state index contributed by atoms with van der Waals surface area (Å²) in [5.74, 6) is 0.782. The smallest absolute Gasteiger partial charge is 0.254 e. The fraction of sp³-hybridized carbons (Fsp3) is 0.500. The zero-order valence-electron chi connectivity index (χ0n) is 16.1. The third-order valence-corrected chi connectivity index (χ3v) is 5.83. The van der Waals surface area contributed by atoms with E-state index in [9.17, 15) is 9.59 Å². The SMILES string of the molecule is Cc1nc(C)c(CCC(=O)N(C2CC2)[C@H]2CCCc3ccccc32)c(=O)[nH]1. The first kappa shape index (κ1) is 18.0. The Bertz CT molecular complexity index is 914. The van der Waals surface area contributed by atoms with Gasteiger partial charge < -0.3 is 9.88 Å². The van der Waals surface area contributed by atoms with Crippen LogP contribution >= 0.6 is 0 Å². The number of benzene rings is 1. The summed E-state index contributed by atoms with van der Waals surface area (Å²) in [4.78, 5) is 34.6. The summed E-state index contributed by atoms with van der Waals surface area (Å²) in [5.41, 5.74) is 3.94. The maximum atomic E-state index is 13.2. The van der Waals surface area contributed by atoms with Crippen molar-refractivity contribution in [3.05, 3.63) is 62.8 Å². The molecule has 0 aliphatic heterocycles. The van der Waals surface area contributed by atoms with E-state index in [1.165, 1.54) is 11.1 Å². The molecule has 0 radical (unpaired) electrons. The van der Waals surface area contributed by atoms with E-state index in [4.69, 9.17) is 0 Å². The Kier molecular flexibility index (Phi) is 4.85. The highest BCUT2D eigenvalue weighted by Gasteiger charge is 2.39. The molecule has 142 valence electrons. The van der Waals surface area contributed by atoms with Crippen LogP contribution in [0.1, 0.15) is 66.4 Å². The van der Waals surface area contributed by atoms with Gasteiger partial charge in [-0.1, -0.05) is 24.3 Å². The zero-order valence-corrected chi connectivity index (χ0v) is 16.1. The molecule has 2 aliphatic rings. The van der Waals surface area contributed by atoms with Crippen molar-refractivity contribution in [1.82, 2.24) is 14.9 Å². The van der Waals surface area contributed by atoms with Crippen molar-refractivity contribution in [3.8, 4) is 0 Å². The second kappa shape index (κ2) is 7.29. The summed E-state index contributed by atoms with van der Waals surface area (Å²) in [6, 6.07) is 9.09. The average Bonchev–Trinajstić information content (AvgIpc) is 3.46. The van der Waals surface area contributed by atoms with Gasteiger partial charge in [0.05, 0.1) is 6.04 Å². The molecule has 1 amide bonds. The van der Waals surface area contributed by atoms with Crippen molar-refractivity contribution in [1.29, 1.82) is 0 Å². The second-order valence-corrected chi connectivity index (χ2v) is 7.85. The Labute approximate surface area is 159 Å². The topological polar surface area (TPSA) is 66.1 Å². The molecular weight excluding hydrogens is 338 g/mol. The van der Waals surface area contributed by atoms with Crippen LogP contribution in [0.15, 0.2) is 29.1 Å².